The number of thiophene rings is 1. The number of nitrogens with zero attached hydrogens (tertiary/aromatic N) is 1. The number of hydrogen-bond acceptors (Lipinski definition) is 3. The molecule has 0 spiro atoms. The van der Waals surface area contributed by atoms with Crippen LogP contribution in [-0.4, -0.2) is 0 Å². The predicted octanol–water partition coefficient (Wildman–Crippen LogP) is 15.5. The Bertz CT molecular complexity index is 3300. The summed E-state index contributed by atoms with van der Waals surface area (Å²) < 4.78 is 9.60. The molecule has 2 aromatic heterocycles. The average molecular weight is 758 g/mol. The minimum atomic E-state index is -0.476. The quantitative estimate of drug-likeness (QED) is 0.168. The predicted molar refractivity (Wildman–Crippen MR) is 244 cm³/mol. The Hall–Kier alpha value is -7.20. The molecule has 2 heterocycles. The standard InChI is InChI=1S/C55H35NOS/c1-3-16-36(17-4-1)40-23-13-24-44-45-25-14-29-49(53(45)57-52(40)44)56(50-30-15-26-46-43-22-9-12-31-51(43)58-54(46)50)39-34-32-38(33-35-39)55(37-18-5-2-6-19-37)47-27-10-7-20-41(47)42-21-8-11-28-48(42)55/h1-35H. The van der Waals surface area contributed by atoms with E-state index < -0.39 is 5.41 Å². The zero-order valence-electron chi connectivity index (χ0n) is 31.5. The summed E-state index contributed by atoms with van der Waals surface area (Å²) in [4.78, 5) is 2.42. The van der Waals surface area contributed by atoms with Gasteiger partial charge in [-0.3, -0.25) is 0 Å². The summed E-state index contributed by atoms with van der Waals surface area (Å²) in [6.45, 7) is 0. The van der Waals surface area contributed by atoms with E-state index in [1.54, 1.807) is 0 Å². The largest absolute Gasteiger partial charge is 0.453 e. The monoisotopic (exact) mass is 757 g/mol. The van der Waals surface area contributed by atoms with E-state index in [0.29, 0.717) is 0 Å². The maximum atomic E-state index is 7.08. The van der Waals surface area contributed by atoms with Crippen LogP contribution in [-0.2, 0) is 5.41 Å². The third-order valence-electron chi connectivity index (χ3n) is 12.2. The minimum Gasteiger partial charge on any atom is -0.453 e. The second-order valence-corrected chi connectivity index (χ2v) is 16.2. The zero-order chi connectivity index (χ0) is 38.2. The second kappa shape index (κ2) is 12.9. The van der Waals surface area contributed by atoms with Crippen LogP contribution in [0.15, 0.2) is 217 Å². The summed E-state index contributed by atoms with van der Waals surface area (Å²) in [6.07, 6.45) is 0. The SMILES string of the molecule is c1ccc(-c2cccc3c2oc2c(N(c4ccc(C5(c6ccccc6)c6ccccc6-c6ccccc65)cc4)c4cccc5c4sc4ccccc45)cccc23)cc1. The summed E-state index contributed by atoms with van der Waals surface area (Å²) in [5, 5.41) is 4.73. The Morgan fingerprint density at radius 2 is 0.914 bits per heavy atom. The maximum absolute atomic E-state index is 7.08. The van der Waals surface area contributed by atoms with Gasteiger partial charge >= 0.3 is 0 Å². The van der Waals surface area contributed by atoms with Gasteiger partial charge in [0.25, 0.3) is 0 Å². The molecule has 58 heavy (non-hydrogen) atoms. The van der Waals surface area contributed by atoms with E-state index in [2.05, 4.69) is 217 Å². The molecule has 2 nitrogen and oxygen atoms in total. The van der Waals surface area contributed by atoms with Gasteiger partial charge in [-0.15, -0.1) is 11.3 Å². The number of para-hydroxylation sites is 2. The normalized spacial score (nSPS) is 13.0. The lowest BCUT2D eigenvalue weighted by atomic mass is 9.68. The van der Waals surface area contributed by atoms with Gasteiger partial charge in [0.05, 0.1) is 21.5 Å². The third-order valence-corrected chi connectivity index (χ3v) is 13.4. The fourth-order valence-electron chi connectivity index (χ4n) is 9.72. The fraction of sp³-hybridized carbons (Fsp3) is 0.0182. The van der Waals surface area contributed by atoms with Gasteiger partial charge in [0.2, 0.25) is 0 Å². The Kier molecular flexibility index (Phi) is 7.35. The van der Waals surface area contributed by atoms with Crippen molar-refractivity contribution >= 4 is 70.5 Å². The smallest absolute Gasteiger partial charge is 0.159 e. The molecule has 0 bridgehead atoms. The summed E-state index contributed by atoms with van der Waals surface area (Å²) in [7, 11) is 0. The molecular formula is C55H35NOS. The third kappa shape index (κ3) is 4.71. The van der Waals surface area contributed by atoms with Crippen LogP contribution in [0.25, 0.3) is 64.4 Å². The van der Waals surface area contributed by atoms with E-state index in [1.165, 1.54) is 53.6 Å². The number of rotatable bonds is 6. The van der Waals surface area contributed by atoms with E-state index in [9.17, 15) is 0 Å². The lowest BCUT2D eigenvalue weighted by Crippen LogP contribution is -2.28. The summed E-state index contributed by atoms with van der Waals surface area (Å²) in [6, 6.07) is 77.3. The Morgan fingerprint density at radius 3 is 1.66 bits per heavy atom. The first kappa shape index (κ1) is 33.0. The summed E-state index contributed by atoms with van der Waals surface area (Å²) >= 11 is 1.85. The number of anilines is 3. The topological polar surface area (TPSA) is 16.4 Å². The Morgan fingerprint density at radius 1 is 0.379 bits per heavy atom. The first-order valence-corrected chi connectivity index (χ1v) is 20.7. The molecule has 0 saturated heterocycles. The second-order valence-electron chi connectivity index (χ2n) is 15.1. The van der Waals surface area contributed by atoms with E-state index in [-0.39, 0.29) is 0 Å². The van der Waals surface area contributed by atoms with Crippen molar-refractivity contribution in [3.63, 3.8) is 0 Å². The first-order chi connectivity index (χ1) is 28.8. The van der Waals surface area contributed by atoms with Crippen LogP contribution in [0.1, 0.15) is 22.3 Å². The molecule has 272 valence electrons. The van der Waals surface area contributed by atoms with Crippen LogP contribution in [0.4, 0.5) is 17.1 Å². The zero-order valence-corrected chi connectivity index (χ0v) is 32.3. The molecule has 1 aliphatic carbocycles. The molecule has 0 N–H and O–H groups in total. The minimum absolute atomic E-state index is 0.476. The molecule has 0 aliphatic heterocycles. The molecular weight excluding hydrogens is 723 g/mol. The van der Waals surface area contributed by atoms with Crippen molar-refractivity contribution < 1.29 is 4.42 Å². The van der Waals surface area contributed by atoms with Crippen LogP contribution >= 0.6 is 11.3 Å². The van der Waals surface area contributed by atoms with Crippen molar-refractivity contribution in [2.24, 2.45) is 0 Å². The molecule has 1 aliphatic rings. The van der Waals surface area contributed by atoms with Gasteiger partial charge in [0.1, 0.15) is 5.58 Å². The van der Waals surface area contributed by atoms with Crippen molar-refractivity contribution in [3.05, 3.63) is 235 Å². The molecule has 0 amide bonds. The Balaban J connectivity index is 1.11. The van der Waals surface area contributed by atoms with Gasteiger partial charge in [-0.25, -0.2) is 0 Å². The highest BCUT2D eigenvalue weighted by Gasteiger charge is 2.45. The van der Waals surface area contributed by atoms with Crippen molar-refractivity contribution in [2.75, 3.05) is 4.90 Å². The molecule has 9 aromatic carbocycles. The van der Waals surface area contributed by atoms with Gasteiger partial charge < -0.3 is 9.32 Å². The molecule has 3 heteroatoms. The van der Waals surface area contributed by atoms with Crippen molar-refractivity contribution in [1.29, 1.82) is 0 Å². The molecule has 11 aromatic rings. The number of hydrogen-bond donors (Lipinski definition) is 0. The number of fused-ring (bicyclic) bond motifs is 9. The molecule has 0 atom stereocenters. The van der Waals surface area contributed by atoms with Gasteiger partial charge in [0, 0.05) is 37.5 Å². The number of furan rings is 1. The molecule has 0 unspecified atom stereocenters. The fourth-order valence-corrected chi connectivity index (χ4v) is 10.9. The van der Waals surface area contributed by atoms with E-state index in [4.69, 9.17) is 4.42 Å². The van der Waals surface area contributed by atoms with E-state index >= 15 is 0 Å². The van der Waals surface area contributed by atoms with Gasteiger partial charge in [-0.2, -0.15) is 0 Å². The van der Waals surface area contributed by atoms with Crippen LogP contribution in [0.2, 0.25) is 0 Å². The van der Waals surface area contributed by atoms with E-state index in [1.807, 2.05) is 11.3 Å². The van der Waals surface area contributed by atoms with Gasteiger partial charge in [-0.1, -0.05) is 182 Å². The van der Waals surface area contributed by atoms with Crippen molar-refractivity contribution in [1.82, 2.24) is 0 Å². The lowest BCUT2D eigenvalue weighted by Gasteiger charge is -2.34. The first-order valence-electron chi connectivity index (χ1n) is 19.8. The van der Waals surface area contributed by atoms with Gasteiger partial charge in [0.15, 0.2) is 5.58 Å². The highest BCUT2D eigenvalue weighted by atomic mass is 32.1. The lowest BCUT2D eigenvalue weighted by molar-refractivity contribution is 0.670. The molecule has 0 saturated carbocycles. The van der Waals surface area contributed by atoms with Crippen LogP contribution in [0, 0.1) is 0 Å². The Labute approximate surface area is 340 Å². The van der Waals surface area contributed by atoms with E-state index in [0.717, 1.165) is 50.1 Å². The highest BCUT2D eigenvalue weighted by Crippen LogP contribution is 2.56. The van der Waals surface area contributed by atoms with Crippen LogP contribution in [0.3, 0.4) is 0 Å². The highest BCUT2D eigenvalue weighted by molar-refractivity contribution is 7.26. The number of benzene rings is 9. The van der Waals surface area contributed by atoms with Crippen LogP contribution in [0.5, 0.6) is 0 Å². The average Bonchev–Trinajstić information content (AvgIpc) is 3.97. The summed E-state index contributed by atoms with van der Waals surface area (Å²) in [5.74, 6) is 0. The molecule has 0 fully saturated rings. The molecule has 0 radical (unpaired) electrons. The summed E-state index contributed by atoms with van der Waals surface area (Å²) in [5.41, 5.74) is 14.4. The molecule has 12 rings (SSSR count). The van der Waals surface area contributed by atoms with Crippen molar-refractivity contribution in [2.45, 2.75) is 5.41 Å². The van der Waals surface area contributed by atoms with Crippen molar-refractivity contribution in [3.8, 4) is 22.3 Å². The van der Waals surface area contributed by atoms with Gasteiger partial charge in [-0.05, 0) is 69.3 Å². The van der Waals surface area contributed by atoms with Crippen LogP contribution < -0.4 is 4.90 Å². The maximum Gasteiger partial charge on any atom is 0.159 e.